The summed E-state index contributed by atoms with van der Waals surface area (Å²) >= 11 is 0. The summed E-state index contributed by atoms with van der Waals surface area (Å²) in [5, 5.41) is 0. The number of amides is 1. The van der Waals surface area contributed by atoms with E-state index in [1.165, 1.54) is 6.08 Å². The number of benzene rings is 1. The molecule has 104 valence electrons. The molecule has 1 aromatic rings. The predicted molar refractivity (Wildman–Crippen MR) is 77.6 cm³/mol. The van der Waals surface area contributed by atoms with Gasteiger partial charge in [-0.05, 0) is 17.7 Å². The van der Waals surface area contributed by atoms with Gasteiger partial charge in [-0.2, -0.15) is 0 Å². The Morgan fingerprint density at radius 2 is 1.95 bits per heavy atom. The van der Waals surface area contributed by atoms with E-state index in [1.807, 2.05) is 29.7 Å². The molecule has 5 nitrogen and oxygen atoms in total. The predicted octanol–water partition coefficient (Wildman–Crippen LogP) is 1.82. The molecule has 1 amide bonds. The lowest BCUT2D eigenvalue weighted by Gasteiger charge is -1.96. The molecule has 2 rings (SSSR count). The second-order valence-electron chi connectivity index (χ2n) is 3.34. The van der Waals surface area contributed by atoms with Crippen molar-refractivity contribution in [3.63, 3.8) is 0 Å². The molecule has 0 bridgehead atoms. The number of hydrogen-bond donors (Lipinski definition) is 2. The fraction of sp³-hybridized carbons (Fsp3) is 0.0833. The van der Waals surface area contributed by atoms with Crippen LogP contribution in [0.15, 0.2) is 36.4 Å². The standard InChI is InChI=1S/C12H12N2O3.2ClH/c13-14-12(15)4-2-1-3-9-5-6-10-11(7-9)17-8-16-10;;/h1-7H,8,13H2,(H,14,15);2*1H. The van der Waals surface area contributed by atoms with Crippen LogP contribution in [0.3, 0.4) is 0 Å². The molecule has 0 aromatic heterocycles. The van der Waals surface area contributed by atoms with Crippen LogP contribution in [0.25, 0.3) is 6.08 Å². The summed E-state index contributed by atoms with van der Waals surface area (Å²) in [6.07, 6.45) is 6.53. The van der Waals surface area contributed by atoms with E-state index in [0.717, 1.165) is 17.1 Å². The summed E-state index contributed by atoms with van der Waals surface area (Å²) in [6, 6.07) is 5.62. The van der Waals surface area contributed by atoms with Crippen molar-refractivity contribution in [2.45, 2.75) is 0 Å². The van der Waals surface area contributed by atoms with Crippen molar-refractivity contribution in [3.8, 4) is 11.5 Å². The molecule has 0 aliphatic carbocycles. The normalized spacial score (nSPS) is 12.1. The van der Waals surface area contributed by atoms with Gasteiger partial charge in [0.05, 0.1) is 0 Å². The number of rotatable bonds is 3. The van der Waals surface area contributed by atoms with Crippen molar-refractivity contribution in [3.05, 3.63) is 42.0 Å². The maximum absolute atomic E-state index is 10.8. The van der Waals surface area contributed by atoms with Crippen molar-refractivity contribution < 1.29 is 14.3 Å². The van der Waals surface area contributed by atoms with E-state index in [2.05, 4.69) is 0 Å². The van der Waals surface area contributed by atoms with Crippen molar-refractivity contribution >= 4 is 36.8 Å². The molecule has 19 heavy (non-hydrogen) atoms. The SMILES string of the molecule is Cl.Cl.NNC(=O)C=CC=Cc1ccc2c(c1)OCO2. The van der Waals surface area contributed by atoms with Gasteiger partial charge in [-0.25, -0.2) is 5.84 Å². The minimum absolute atomic E-state index is 0. The smallest absolute Gasteiger partial charge is 0.257 e. The zero-order chi connectivity index (χ0) is 12.1. The highest BCUT2D eigenvalue weighted by atomic mass is 35.5. The fourth-order valence-electron chi connectivity index (χ4n) is 1.37. The third-order valence-corrected chi connectivity index (χ3v) is 2.19. The summed E-state index contributed by atoms with van der Waals surface area (Å²) in [6.45, 7) is 0.263. The molecule has 1 heterocycles. The van der Waals surface area contributed by atoms with Crippen molar-refractivity contribution in [1.29, 1.82) is 0 Å². The molecule has 0 unspecified atom stereocenters. The number of nitrogens with two attached hydrogens (primary N) is 1. The Hall–Kier alpha value is -1.69. The lowest BCUT2D eigenvalue weighted by molar-refractivity contribution is -0.116. The Morgan fingerprint density at radius 1 is 1.21 bits per heavy atom. The van der Waals surface area contributed by atoms with Gasteiger partial charge in [0, 0.05) is 6.08 Å². The third-order valence-electron chi connectivity index (χ3n) is 2.19. The lowest BCUT2D eigenvalue weighted by Crippen LogP contribution is -2.27. The van der Waals surface area contributed by atoms with Crippen molar-refractivity contribution in [2.75, 3.05) is 6.79 Å². The number of carbonyl (C=O) groups is 1. The van der Waals surface area contributed by atoms with E-state index in [1.54, 1.807) is 12.2 Å². The van der Waals surface area contributed by atoms with Gasteiger partial charge >= 0.3 is 0 Å². The zero-order valence-corrected chi connectivity index (χ0v) is 11.5. The first-order valence-corrected chi connectivity index (χ1v) is 5.04. The number of nitrogens with one attached hydrogen (secondary N) is 1. The third kappa shape index (κ3) is 4.82. The summed E-state index contributed by atoms with van der Waals surface area (Å²) in [5.74, 6) is 6.06. The van der Waals surface area contributed by atoms with Crippen molar-refractivity contribution in [1.82, 2.24) is 5.43 Å². The molecule has 7 heteroatoms. The van der Waals surface area contributed by atoms with Gasteiger partial charge in [0.15, 0.2) is 11.5 Å². The highest BCUT2D eigenvalue weighted by Crippen LogP contribution is 2.32. The molecule has 1 aromatic carbocycles. The molecular weight excluding hydrogens is 291 g/mol. The Labute approximate surface area is 123 Å². The van der Waals surface area contributed by atoms with Gasteiger partial charge in [-0.3, -0.25) is 10.2 Å². The van der Waals surface area contributed by atoms with E-state index in [9.17, 15) is 4.79 Å². The van der Waals surface area contributed by atoms with E-state index in [4.69, 9.17) is 15.3 Å². The number of hydrazine groups is 1. The molecule has 1 aliphatic rings. The Balaban J connectivity index is 0.00000162. The van der Waals surface area contributed by atoms with E-state index in [-0.39, 0.29) is 37.5 Å². The number of carbonyl (C=O) groups excluding carboxylic acids is 1. The number of hydrogen-bond acceptors (Lipinski definition) is 4. The first kappa shape index (κ1) is 17.3. The fourth-order valence-corrected chi connectivity index (χ4v) is 1.37. The first-order valence-electron chi connectivity index (χ1n) is 5.04. The average Bonchev–Trinajstić information content (AvgIpc) is 2.81. The number of ether oxygens (including phenoxy) is 2. The number of halogens is 2. The minimum Gasteiger partial charge on any atom is -0.454 e. The topological polar surface area (TPSA) is 73.6 Å². The Bertz CT molecular complexity index is 490. The van der Waals surface area contributed by atoms with E-state index in [0.29, 0.717) is 0 Å². The minimum atomic E-state index is -0.347. The van der Waals surface area contributed by atoms with Gasteiger partial charge in [-0.15, -0.1) is 24.8 Å². The molecule has 3 N–H and O–H groups in total. The first-order chi connectivity index (χ1) is 8.29. The van der Waals surface area contributed by atoms with Gasteiger partial charge < -0.3 is 9.47 Å². The van der Waals surface area contributed by atoms with Crippen molar-refractivity contribution in [2.24, 2.45) is 5.84 Å². The van der Waals surface area contributed by atoms with Crippen LogP contribution in [0.5, 0.6) is 11.5 Å². The van der Waals surface area contributed by atoms with Gasteiger partial charge in [0.25, 0.3) is 5.91 Å². The summed E-state index contributed by atoms with van der Waals surface area (Å²) < 4.78 is 10.4. The lowest BCUT2D eigenvalue weighted by atomic mass is 10.2. The van der Waals surface area contributed by atoms with E-state index < -0.39 is 0 Å². The molecule has 0 spiro atoms. The Kier molecular flexibility index (Phi) is 7.67. The maximum atomic E-state index is 10.8. The number of allylic oxidation sites excluding steroid dienone is 2. The maximum Gasteiger partial charge on any atom is 0.257 e. The quantitative estimate of drug-likeness (QED) is 0.294. The zero-order valence-electron chi connectivity index (χ0n) is 9.87. The second kappa shape index (κ2) is 8.42. The van der Waals surface area contributed by atoms with Crippen LogP contribution in [-0.2, 0) is 4.79 Å². The van der Waals surface area contributed by atoms with E-state index >= 15 is 0 Å². The summed E-state index contributed by atoms with van der Waals surface area (Å²) in [5.41, 5.74) is 2.97. The molecule has 0 saturated heterocycles. The Morgan fingerprint density at radius 3 is 2.68 bits per heavy atom. The summed E-state index contributed by atoms with van der Waals surface area (Å²) in [4.78, 5) is 10.8. The van der Waals surface area contributed by atoms with Crippen LogP contribution in [0.2, 0.25) is 0 Å². The molecule has 0 fully saturated rings. The molecule has 0 saturated carbocycles. The van der Waals surface area contributed by atoms with Crippen LogP contribution < -0.4 is 20.7 Å². The average molecular weight is 305 g/mol. The van der Waals surface area contributed by atoms with Gasteiger partial charge in [-0.1, -0.05) is 24.3 Å². The van der Waals surface area contributed by atoms with Crippen LogP contribution in [0.1, 0.15) is 5.56 Å². The van der Waals surface area contributed by atoms with Crippen LogP contribution >= 0.6 is 24.8 Å². The van der Waals surface area contributed by atoms with Crippen LogP contribution in [0, 0.1) is 0 Å². The van der Waals surface area contributed by atoms with Gasteiger partial charge in [0.1, 0.15) is 0 Å². The highest BCUT2D eigenvalue weighted by Gasteiger charge is 2.11. The monoisotopic (exact) mass is 304 g/mol. The van der Waals surface area contributed by atoms with Crippen LogP contribution in [0.4, 0.5) is 0 Å². The largest absolute Gasteiger partial charge is 0.454 e. The number of fused-ring (bicyclic) bond motifs is 1. The van der Waals surface area contributed by atoms with Gasteiger partial charge in [0.2, 0.25) is 6.79 Å². The highest BCUT2D eigenvalue weighted by molar-refractivity contribution is 5.87. The molecular formula is C12H14Cl2N2O3. The summed E-state index contributed by atoms with van der Waals surface area (Å²) in [7, 11) is 0. The van der Waals surface area contributed by atoms with Crippen LogP contribution in [-0.4, -0.2) is 12.7 Å². The molecule has 0 radical (unpaired) electrons. The second-order valence-corrected chi connectivity index (χ2v) is 3.34. The molecule has 1 aliphatic heterocycles. The molecule has 0 atom stereocenters.